The molecule has 0 saturated heterocycles. The first-order valence-corrected chi connectivity index (χ1v) is 14.5. The van der Waals surface area contributed by atoms with Gasteiger partial charge in [0.2, 0.25) is 0 Å². The lowest BCUT2D eigenvalue weighted by molar-refractivity contribution is 1.08. The standard InChI is InChI=1S/C40H24N4/c41-25-26-17-19-27(20-18-26)30-13-8-14-32(23-30)39-42-38(29-10-2-1-3-11-29)43-40(44-39)37-34-16-7-5-12-31(34)24-36-33-15-6-4-9-28(33)21-22-35(36)37/h1-24H. The number of aromatic nitrogens is 3. The van der Waals surface area contributed by atoms with Crippen LogP contribution in [0.1, 0.15) is 5.56 Å². The molecule has 0 fully saturated rings. The molecule has 0 atom stereocenters. The van der Waals surface area contributed by atoms with Crippen molar-refractivity contribution in [1.29, 1.82) is 5.26 Å². The molecule has 0 amide bonds. The minimum absolute atomic E-state index is 0.603. The summed E-state index contributed by atoms with van der Waals surface area (Å²) in [5, 5.41) is 16.1. The van der Waals surface area contributed by atoms with Gasteiger partial charge < -0.3 is 0 Å². The van der Waals surface area contributed by atoms with E-state index in [1.165, 1.54) is 16.2 Å². The van der Waals surface area contributed by atoms with Gasteiger partial charge in [-0.2, -0.15) is 5.26 Å². The van der Waals surface area contributed by atoms with Crippen LogP contribution in [-0.2, 0) is 0 Å². The van der Waals surface area contributed by atoms with Gasteiger partial charge in [-0.3, -0.25) is 0 Å². The molecule has 4 heteroatoms. The third-order valence-electron chi connectivity index (χ3n) is 8.13. The fourth-order valence-corrected chi connectivity index (χ4v) is 5.97. The van der Waals surface area contributed by atoms with Gasteiger partial charge in [0.1, 0.15) is 0 Å². The van der Waals surface area contributed by atoms with Crippen LogP contribution in [0.15, 0.2) is 146 Å². The Hall–Kier alpha value is -6.18. The summed E-state index contributed by atoms with van der Waals surface area (Å²) in [7, 11) is 0. The van der Waals surface area contributed by atoms with Gasteiger partial charge in [0.15, 0.2) is 17.5 Å². The van der Waals surface area contributed by atoms with Crippen molar-refractivity contribution in [1.82, 2.24) is 15.0 Å². The van der Waals surface area contributed by atoms with Crippen LogP contribution in [0.25, 0.3) is 77.6 Å². The molecule has 4 nitrogen and oxygen atoms in total. The van der Waals surface area contributed by atoms with E-state index in [1.54, 1.807) is 0 Å². The molecular formula is C40H24N4. The molecule has 0 spiro atoms. The van der Waals surface area contributed by atoms with Gasteiger partial charge >= 0.3 is 0 Å². The molecule has 0 N–H and O–H groups in total. The minimum Gasteiger partial charge on any atom is -0.208 e. The fourth-order valence-electron chi connectivity index (χ4n) is 5.97. The highest BCUT2D eigenvalue weighted by atomic mass is 15.0. The third kappa shape index (κ3) is 4.45. The predicted molar refractivity (Wildman–Crippen MR) is 179 cm³/mol. The lowest BCUT2D eigenvalue weighted by atomic mass is 9.93. The molecule has 0 aliphatic rings. The molecule has 7 aromatic carbocycles. The monoisotopic (exact) mass is 560 g/mol. The number of hydrogen-bond donors (Lipinski definition) is 0. The van der Waals surface area contributed by atoms with E-state index >= 15 is 0 Å². The van der Waals surface area contributed by atoms with Crippen LogP contribution in [0.4, 0.5) is 0 Å². The maximum atomic E-state index is 9.24. The zero-order valence-corrected chi connectivity index (χ0v) is 23.6. The lowest BCUT2D eigenvalue weighted by Gasteiger charge is -2.15. The Labute approximate surface area is 254 Å². The molecule has 0 bridgehead atoms. The summed E-state index contributed by atoms with van der Waals surface area (Å²) in [5.41, 5.74) is 5.49. The van der Waals surface area contributed by atoms with Gasteiger partial charge in [-0.15, -0.1) is 0 Å². The highest BCUT2D eigenvalue weighted by molar-refractivity contribution is 6.19. The van der Waals surface area contributed by atoms with Crippen molar-refractivity contribution < 1.29 is 0 Å². The van der Waals surface area contributed by atoms with E-state index in [-0.39, 0.29) is 0 Å². The quantitative estimate of drug-likeness (QED) is 0.159. The highest BCUT2D eigenvalue weighted by Crippen LogP contribution is 2.39. The summed E-state index contributed by atoms with van der Waals surface area (Å²) >= 11 is 0. The molecule has 0 aliphatic carbocycles. The normalized spacial score (nSPS) is 11.2. The van der Waals surface area contributed by atoms with Crippen LogP contribution in [0.5, 0.6) is 0 Å². The average molecular weight is 561 g/mol. The first-order chi connectivity index (χ1) is 21.7. The van der Waals surface area contributed by atoms with Gasteiger partial charge in [-0.25, -0.2) is 15.0 Å². The zero-order chi connectivity index (χ0) is 29.5. The molecule has 44 heavy (non-hydrogen) atoms. The van der Waals surface area contributed by atoms with Gasteiger partial charge in [0.25, 0.3) is 0 Å². The van der Waals surface area contributed by atoms with Crippen molar-refractivity contribution >= 4 is 32.3 Å². The van der Waals surface area contributed by atoms with E-state index in [0.29, 0.717) is 23.0 Å². The Bertz CT molecular complexity index is 2390. The number of hydrogen-bond acceptors (Lipinski definition) is 4. The van der Waals surface area contributed by atoms with Crippen molar-refractivity contribution in [3.63, 3.8) is 0 Å². The van der Waals surface area contributed by atoms with Crippen LogP contribution < -0.4 is 0 Å². The summed E-state index contributed by atoms with van der Waals surface area (Å²) < 4.78 is 0. The van der Waals surface area contributed by atoms with Crippen molar-refractivity contribution in [3.05, 3.63) is 151 Å². The molecule has 204 valence electrons. The predicted octanol–water partition coefficient (Wildman–Crippen LogP) is 9.87. The van der Waals surface area contributed by atoms with E-state index in [2.05, 4.69) is 84.9 Å². The number of rotatable bonds is 4. The van der Waals surface area contributed by atoms with Crippen LogP contribution >= 0.6 is 0 Å². The minimum atomic E-state index is 0.603. The first kappa shape index (κ1) is 25.5. The third-order valence-corrected chi connectivity index (χ3v) is 8.13. The second-order valence-electron chi connectivity index (χ2n) is 10.8. The van der Waals surface area contributed by atoms with Crippen LogP contribution in [-0.4, -0.2) is 15.0 Å². The van der Waals surface area contributed by atoms with Gasteiger partial charge in [0, 0.05) is 16.7 Å². The van der Waals surface area contributed by atoms with Crippen LogP contribution in [0.3, 0.4) is 0 Å². The van der Waals surface area contributed by atoms with Gasteiger partial charge in [0.05, 0.1) is 11.6 Å². The van der Waals surface area contributed by atoms with E-state index < -0.39 is 0 Å². The molecule has 0 unspecified atom stereocenters. The molecular weight excluding hydrogens is 536 g/mol. The highest BCUT2D eigenvalue weighted by Gasteiger charge is 2.18. The van der Waals surface area contributed by atoms with Crippen LogP contribution in [0, 0.1) is 11.3 Å². The SMILES string of the molecule is N#Cc1ccc(-c2cccc(-c3nc(-c4ccccc4)nc(-c4c5ccccc5cc5c4ccc4ccccc45)n3)c2)cc1. The van der Waals surface area contributed by atoms with Crippen LogP contribution in [0.2, 0.25) is 0 Å². The summed E-state index contributed by atoms with van der Waals surface area (Å²) in [6.45, 7) is 0. The Morgan fingerprint density at radius 1 is 0.386 bits per heavy atom. The number of fused-ring (bicyclic) bond motifs is 4. The van der Waals surface area contributed by atoms with E-state index in [1.807, 2.05) is 66.7 Å². The van der Waals surface area contributed by atoms with Crippen molar-refractivity contribution in [2.75, 3.05) is 0 Å². The van der Waals surface area contributed by atoms with E-state index in [0.717, 1.165) is 44.0 Å². The first-order valence-electron chi connectivity index (χ1n) is 14.5. The fraction of sp³-hybridized carbons (Fsp3) is 0. The number of nitriles is 1. The van der Waals surface area contributed by atoms with Gasteiger partial charge in [-0.1, -0.05) is 121 Å². The topological polar surface area (TPSA) is 62.5 Å². The summed E-state index contributed by atoms with van der Waals surface area (Å²) in [6.07, 6.45) is 0. The Balaban J connectivity index is 1.40. The summed E-state index contributed by atoms with van der Waals surface area (Å²) in [6, 6.07) is 51.7. The van der Waals surface area contributed by atoms with Crippen molar-refractivity contribution in [2.24, 2.45) is 0 Å². The zero-order valence-electron chi connectivity index (χ0n) is 23.6. The molecule has 1 heterocycles. The Morgan fingerprint density at radius 3 is 1.82 bits per heavy atom. The van der Waals surface area contributed by atoms with Crippen molar-refractivity contribution in [2.45, 2.75) is 0 Å². The largest absolute Gasteiger partial charge is 0.208 e. The average Bonchev–Trinajstić information content (AvgIpc) is 3.11. The molecule has 1 aromatic heterocycles. The molecule has 0 radical (unpaired) electrons. The maximum Gasteiger partial charge on any atom is 0.165 e. The Kier molecular flexibility index (Phi) is 6.14. The van der Waals surface area contributed by atoms with E-state index in [4.69, 9.17) is 15.0 Å². The summed E-state index contributed by atoms with van der Waals surface area (Å²) in [4.78, 5) is 15.3. The summed E-state index contributed by atoms with van der Waals surface area (Å²) in [5.74, 6) is 1.86. The van der Waals surface area contributed by atoms with Crippen molar-refractivity contribution in [3.8, 4) is 51.4 Å². The second-order valence-corrected chi connectivity index (χ2v) is 10.8. The molecule has 8 aromatic rings. The maximum absolute atomic E-state index is 9.24. The number of nitrogens with zero attached hydrogens (tertiary/aromatic N) is 4. The van der Waals surface area contributed by atoms with Gasteiger partial charge in [-0.05, 0) is 67.7 Å². The molecule has 0 aliphatic heterocycles. The smallest absolute Gasteiger partial charge is 0.165 e. The molecule has 0 saturated carbocycles. The Morgan fingerprint density at radius 2 is 1.02 bits per heavy atom. The lowest BCUT2D eigenvalue weighted by Crippen LogP contribution is -2.01. The molecule has 8 rings (SSSR count). The van der Waals surface area contributed by atoms with E-state index in [9.17, 15) is 5.26 Å². The number of benzene rings is 7. The second kappa shape index (κ2) is 10.6.